The second kappa shape index (κ2) is 10.7. The van der Waals surface area contributed by atoms with E-state index in [-0.39, 0.29) is 12.5 Å². The minimum Gasteiger partial charge on any atom is -0.378 e. The molecule has 25 heavy (non-hydrogen) atoms. The van der Waals surface area contributed by atoms with Crippen molar-refractivity contribution < 1.29 is 9.53 Å². The van der Waals surface area contributed by atoms with Gasteiger partial charge in [-0.2, -0.15) is 0 Å². The summed E-state index contributed by atoms with van der Waals surface area (Å²) in [6.07, 6.45) is 4.83. The van der Waals surface area contributed by atoms with Gasteiger partial charge in [-0.25, -0.2) is 4.99 Å². The number of amides is 1. The second-order valence-electron chi connectivity index (χ2n) is 6.50. The predicted molar refractivity (Wildman–Crippen MR) is 100 cm³/mol. The van der Waals surface area contributed by atoms with Crippen molar-refractivity contribution in [3.05, 3.63) is 35.9 Å². The van der Waals surface area contributed by atoms with Gasteiger partial charge in [0.2, 0.25) is 5.91 Å². The molecule has 0 aromatic heterocycles. The van der Waals surface area contributed by atoms with Crippen LogP contribution >= 0.6 is 0 Å². The smallest absolute Gasteiger partial charge is 0.241 e. The normalized spacial score (nSPS) is 17.8. The first kappa shape index (κ1) is 19.2. The summed E-state index contributed by atoms with van der Waals surface area (Å²) in [4.78, 5) is 18.0. The first-order chi connectivity index (χ1) is 12.1. The molecule has 0 saturated carbocycles. The van der Waals surface area contributed by atoms with E-state index >= 15 is 0 Å². The Balaban J connectivity index is 1.84. The van der Waals surface area contributed by atoms with Gasteiger partial charge < -0.3 is 20.3 Å². The summed E-state index contributed by atoms with van der Waals surface area (Å²) < 4.78 is 5.76. The number of guanidine groups is 1. The van der Waals surface area contributed by atoms with Gasteiger partial charge >= 0.3 is 0 Å². The van der Waals surface area contributed by atoms with Crippen LogP contribution in [-0.2, 0) is 16.1 Å². The molecule has 1 aliphatic heterocycles. The van der Waals surface area contributed by atoms with Gasteiger partial charge in [-0.15, -0.1) is 0 Å². The molecule has 1 atom stereocenters. The number of carbonyl (C=O) groups is 1. The van der Waals surface area contributed by atoms with E-state index in [9.17, 15) is 4.79 Å². The molecule has 2 N–H and O–H groups in total. The molecule has 1 unspecified atom stereocenters. The quantitative estimate of drug-likeness (QED) is 0.583. The second-order valence-corrected chi connectivity index (χ2v) is 6.50. The average molecular weight is 346 g/mol. The van der Waals surface area contributed by atoms with E-state index in [2.05, 4.69) is 15.6 Å². The Morgan fingerprint density at radius 3 is 2.72 bits per heavy atom. The third-order valence-corrected chi connectivity index (χ3v) is 4.20. The van der Waals surface area contributed by atoms with E-state index in [1.807, 2.05) is 30.3 Å². The highest BCUT2D eigenvalue weighted by Gasteiger charge is 2.13. The number of nitrogens with zero attached hydrogens (tertiary/aromatic N) is 2. The Kier molecular flexibility index (Phi) is 8.25. The average Bonchev–Trinajstić information content (AvgIpc) is 2.64. The highest BCUT2D eigenvalue weighted by molar-refractivity contribution is 5.86. The Labute approximate surface area is 150 Å². The molecule has 1 heterocycles. The van der Waals surface area contributed by atoms with Crippen LogP contribution in [0.25, 0.3) is 0 Å². The fraction of sp³-hybridized carbons (Fsp3) is 0.579. The molecule has 1 amide bonds. The van der Waals surface area contributed by atoms with E-state index in [0.29, 0.717) is 18.6 Å². The van der Waals surface area contributed by atoms with Gasteiger partial charge in [-0.1, -0.05) is 30.3 Å². The molecule has 138 valence electrons. The van der Waals surface area contributed by atoms with E-state index in [0.717, 1.165) is 31.6 Å². The summed E-state index contributed by atoms with van der Waals surface area (Å²) in [5, 5.41) is 6.44. The van der Waals surface area contributed by atoms with Gasteiger partial charge in [0.15, 0.2) is 5.96 Å². The lowest BCUT2D eigenvalue weighted by Gasteiger charge is -2.23. The van der Waals surface area contributed by atoms with Crippen LogP contribution < -0.4 is 10.6 Å². The number of carbonyl (C=O) groups excluding carboxylic acids is 1. The molecule has 0 aliphatic carbocycles. The summed E-state index contributed by atoms with van der Waals surface area (Å²) in [7, 11) is 3.50. The van der Waals surface area contributed by atoms with Crippen LogP contribution in [0, 0.1) is 0 Å². The molecular formula is C19H30N4O2. The molecule has 1 saturated heterocycles. The predicted octanol–water partition coefficient (Wildman–Crippen LogP) is 1.77. The number of hydrogen-bond acceptors (Lipinski definition) is 3. The summed E-state index contributed by atoms with van der Waals surface area (Å²) in [6.45, 7) is 2.45. The zero-order valence-electron chi connectivity index (χ0n) is 15.3. The lowest BCUT2D eigenvalue weighted by molar-refractivity contribution is -0.127. The molecule has 2 rings (SSSR count). The number of likely N-dealkylation sites (N-methyl/N-ethyl adjacent to an activating group) is 1. The van der Waals surface area contributed by atoms with E-state index in [1.165, 1.54) is 12.8 Å². The molecule has 1 aromatic rings. The zero-order valence-corrected chi connectivity index (χ0v) is 15.3. The lowest BCUT2D eigenvalue weighted by atomic mass is 10.1. The van der Waals surface area contributed by atoms with Gasteiger partial charge in [0.25, 0.3) is 0 Å². The number of nitrogens with one attached hydrogen (secondary N) is 2. The van der Waals surface area contributed by atoms with Crippen LogP contribution in [0.15, 0.2) is 35.3 Å². The lowest BCUT2D eigenvalue weighted by Crippen LogP contribution is -2.43. The minimum atomic E-state index is 0.0184. The minimum absolute atomic E-state index is 0.0184. The van der Waals surface area contributed by atoms with Crippen LogP contribution in [0.3, 0.4) is 0 Å². The molecule has 1 aromatic carbocycles. The third kappa shape index (κ3) is 7.56. The topological polar surface area (TPSA) is 66.0 Å². The van der Waals surface area contributed by atoms with Crippen molar-refractivity contribution in [1.29, 1.82) is 0 Å². The maximum absolute atomic E-state index is 11.8. The summed E-state index contributed by atoms with van der Waals surface area (Å²) in [6, 6.07) is 10.1. The standard InChI is InChI=1S/C19H30N4O2/c1-23(2)18(24)15-22-19(21-14-16-8-4-3-5-9-16)20-12-11-17-10-6-7-13-25-17/h3-5,8-9,17H,6-7,10-15H2,1-2H3,(H2,20,21,22). The van der Waals surface area contributed by atoms with Gasteiger partial charge in [0.1, 0.15) is 0 Å². The zero-order chi connectivity index (χ0) is 17.9. The molecular weight excluding hydrogens is 316 g/mol. The van der Waals surface area contributed by atoms with Crippen molar-refractivity contribution in [3.63, 3.8) is 0 Å². The van der Waals surface area contributed by atoms with Crippen molar-refractivity contribution in [2.75, 3.05) is 33.8 Å². The monoisotopic (exact) mass is 346 g/mol. The highest BCUT2D eigenvalue weighted by Crippen LogP contribution is 2.14. The van der Waals surface area contributed by atoms with Gasteiger partial charge in [-0.3, -0.25) is 4.79 Å². The molecule has 0 radical (unpaired) electrons. The number of hydrogen-bond donors (Lipinski definition) is 2. The van der Waals surface area contributed by atoms with Crippen molar-refractivity contribution in [2.24, 2.45) is 4.99 Å². The highest BCUT2D eigenvalue weighted by atomic mass is 16.5. The number of benzene rings is 1. The molecule has 1 fully saturated rings. The van der Waals surface area contributed by atoms with E-state index in [4.69, 9.17) is 4.74 Å². The summed E-state index contributed by atoms with van der Waals surface area (Å²) in [5.74, 6) is 0.680. The van der Waals surface area contributed by atoms with E-state index < -0.39 is 0 Å². The molecule has 0 bridgehead atoms. The van der Waals surface area contributed by atoms with Crippen LogP contribution in [0.5, 0.6) is 0 Å². The van der Waals surface area contributed by atoms with Crippen LogP contribution in [-0.4, -0.2) is 56.7 Å². The van der Waals surface area contributed by atoms with Crippen LogP contribution in [0.4, 0.5) is 0 Å². The summed E-state index contributed by atoms with van der Waals surface area (Å²) in [5.41, 5.74) is 1.14. The number of aliphatic imine (C=N–C) groups is 1. The number of rotatable bonds is 7. The Hall–Kier alpha value is -2.08. The van der Waals surface area contributed by atoms with Gasteiger partial charge in [0.05, 0.1) is 19.2 Å². The third-order valence-electron chi connectivity index (χ3n) is 4.20. The van der Waals surface area contributed by atoms with Gasteiger partial charge in [-0.05, 0) is 31.2 Å². The summed E-state index contributed by atoms with van der Waals surface area (Å²) >= 11 is 0. The maximum Gasteiger partial charge on any atom is 0.241 e. The largest absolute Gasteiger partial charge is 0.378 e. The Morgan fingerprint density at radius 2 is 2.04 bits per heavy atom. The molecule has 6 nitrogen and oxygen atoms in total. The van der Waals surface area contributed by atoms with Crippen molar-refractivity contribution in [3.8, 4) is 0 Å². The number of ether oxygens (including phenoxy) is 1. The first-order valence-electron chi connectivity index (χ1n) is 9.03. The Morgan fingerprint density at radius 1 is 1.24 bits per heavy atom. The SMILES string of the molecule is CN(C)C(=O)CNC(=NCc1ccccc1)NCCC1CCCCO1. The van der Waals surface area contributed by atoms with Crippen molar-refractivity contribution in [1.82, 2.24) is 15.5 Å². The Bertz CT molecular complexity index is 540. The molecule has 1 aliphatic rings. The first-order valence-corrected chi connectivity index (χ1v) is 9.03. The molecule has 6 heteroatoms. The molecule has 0 spiro atoms. The van der Waals surface area contributed by atoms with Crippen LogP contribution in [0.1, 0.15) is 31.2 Å². The van der Waals surface area contributed by atoms with Gasteiger partial charge in [0, 0.05) is 27.2 Å². The fourth-order valence-electron chi connectivity index (χ4n) is 2.63. The van der Waals surface area contributed by atoms with E-state index in [1.54, 1.807) is 19.0 Å². The fourth-order valence-corrected chi connectivity index (χ4v) is 2.63. The maximum atomic E-state index is 11.8. The van der Waals surface area contributed by atoms with Crippen molar-refractivity contribution >= 4 is 11.9 Å². The van der Waals surface area contributed by atoms with Crippen molar-refractivity contribution in [2.45, 2.75) is 38.3 Å². The van der Waals surface area contributed by atoms with Crippen LogP contribution in [0.2, 0.25) is 0 Å².